The van der Waals surface area contributed by atoms with Crippen molar-refractivity contribution < 1.29 is 13.9 Å². The van der Waals surface area contributed by atoms with E-state index in [1.54, 1.807) is 19.2 Å². The van der Waals surface area contributed by atoms with E-state index < -0.39 is 0 Å². The van der Waals surface area contributed by atoms with Gasteiger partial charge in [0.15, 0.2) is 5.96 Å². The number of nitrogens with one attached hydrogen (secondary N) is 2. The Bertz CT molecular complexity index is 784. The molecule has 0 unspecified atom stereocenters. The van der Waals surface area contributed by atoms with Gasteiger partial charge in [0.25, 0.3) is 0 Å². The van der Waals surface area contributed by atoms with Gasteiger partial charge in [0.1, 0.15) is 5.82 Å². The molecule has 1 aromatic heterocycles. The van der Waals surface area contributed by atoms with Crippen LogP contribution in [0.25, 0.3) is 10.9 Å². The highest BCUT2D eigenvalue weighted by Crippen LogP contribution is 2.20. The number of ether oxygens (including phenoxy) is 2. The molecule has 1 aromatic carbocycles. The van der Waals surface area contributed by atoms with Gasteiger partial charge in [-0.05, 0) is 56.4 Å². The molecule has 1 aliphatic heterocycles. The molecular weight excluding hydrogens is 371 g/mol. The van der Waals surface area contributed by atoms with Crippen LogP contribution in [-0.4, -0.2) is 68.4 Å². The van der Waals surface area contributed by atoms with Gasteiger partial charge in [0, 0.05) is 63.6 Å². The highest BCUT2D eigenvalue weighted by atomic mass is 19.1. The maximum absolute atomic E-state index is 13.6. The molecule has 160 valence electrons. The van der Waals surface area contributed by atoms with E-state index in [0.29, 0.717) is 12.6 Å². The number of methoxy groups -OCH3 is 1. The van der Waals surface area contributed by atoms with Gasteiger partial charge in [-0.25, -0.2) is 4.39 Å². The number of hydrogen-bond acceptors (Lipinski definition) is 3. The third kappa shape index (κ3) is 6.18. The Hall–Kier alpha value is -2.12. The molecule has 1 aliphatic rings. The zero-order valence-corrected chi connectivity index (χ0v) is 17.5. The van der Waals surface area contributed by atoms with E-state index in [1.165, 1.54) is 6.07 Å². The largest absolute Gasteiger partial charge is 0.385 e. The van der Waals surface area contributed by atoms with Crippen molar-refractivity contribution in [1.82, 2.24) is 15.2 Å². The van der Waals surface area contributed by atoms with Crippen molar-refractivity contribution >= 4 is 16.9 Å². The van der Waals surface area contributed by atoms with Crippen LogP contribution < -0.4 is 5.32 Å². The zero-order valence-electron chi connectivity index (χ0n) is 17.5. The average molecular weight is 405 g/mol. The van der Waals surface area contributed by atoms with E-state index in [0.717, 1.165) is 81.0 Å². The maximum atomic E-state index is 13.6. The lowest BCUT2D eigenvalue weighted by atomic mass is 10.1. The summed E-state index contributed by atoms with van der Waals surface area (Å²) in [5.41, 5.74) is 2.06. The Kier molecular flexibility index (Phi) is 8.31. The van der Waals surface area contributed by atoms with E-state index >= 15 is 0 Å². The van der Waals surface area contributed by atoms with Crippen molar-refractivity contribution in [3.63, 3.8) is 0 Å². The Morgan fingerprint density at radius 2 is 2.14 bits per heavy atom. The summed E-state index contributed by atoms with van der Waals surface area (Å²) in [6.07, 6.45) is 6.03. The molecule has 1 fully saturated rings. The average Bonchev–Trinajstić information content (AvgIpc) is 3.13. The number of aliphatic imine (C=N–C) groups is 1. The number of rotatable bonds is 9. The van der Waals surface area contributed by atoms with Crippen LogP contribution in [0, 0.1) is 5.82 Å². The smallest absolute Gasteiger partial charge is 0.193 e. The van der Waals surface area contributed by atoms with Gasteiger partial charge in [0.05, 0.1) is 6.10 Å². The maximum Gasteiger partial charge on any atom is 0.193 e. The fourth-order valence-corrected chi connectivity index (χ4v) is 3.75. The molecule has 0 atom stereocenters. The second kappa shape index (κ2) is 11.2. The third-order valence-corrected chi connectivity index (χ3v) is 5.29. The highest BCUT2D eigenvalue weighted by Gasteiger charge is 2.21. The number of aromatic nitrogens is 1. The molecule has 0 aliphatic carbocycles. The van der Waals surface area contributed by atoms with Crippen LogP contribution in [0.15, 0.2) is 29.4 Å². The molecule has 2 heterocycles. The van der Waals surface area contributed by atoms with Gasteiger partial charge < -0.3 is 24.7 Å². The van der Waals surface area contributed by atoms with Gasteiger partial charge in [0.2, 0.25) is 0 Å². The number of piperidine rings is 1. The third-order valence-electron chi connectivity index (χ3n) is 5.29. The number of nitrogens with zero attached hydrogens (tertiary/aromatic N) is 2. The predicted octanol–water partition coefficient (Wildman–Crippen LogP) is 3.33. The minimum absolute atomic E-state index is 0.206. The molecule has 2 aromatic rings. The lowest BCUT2D eigenvalue weighted by Gasteiger charge is -2.34. The summed E-state index contributed by atoms with van der Waals surface area (Å²) in [6.45, 7) is 6.99. The zero-order chi connectivity index (χ0) is 20.5. The molecule has 1 saturated heterocycles. The molecule has 7 heteroatoms. The topological polar surface area (TPSA) is 61.9 Å². The summed E-state index contributed by atoms with van der Waals surface area (Å²) < 4.78 is 24.6. The SMILES string of the molecule is CCNC(=NCCc1c[nH]c2ccc(F)cc12)N1CCC(OCCCOC)CC1. The summed E-state index contributed by atoms with van der Waals surface area (Å²) >= 11 is 0. The summed E-state index contributed by atoms with van der Waals surface area (Å²) in [5, 5.41) is 4.35. The quantitative estimate of drug-likeness (QED) is 0.382. The second-order valence-corrected chi connectivity index (χ2v) is 7.39. The number of H-pyrrole nitrogens is 1. The number of hydrogen-bond donors (Lipinski definition) is 2. The van der Waals surface area contributed by atoms with Crippen molar-refractivity contribution in [1.29, 1.82) is 0 Å². The lowest BCUT2D eigenvalue weighted by molar-refractivity contribution is 0.00991. The van der Waals surface area contributed by atoms with E-state index in [-0.39, 0.29) is 5.82 Å². The minimum atomic E-state index is -0.206. The van der Waals surface area contributed by atoms with E-state index in [2.05, 4.69) is 22.1 Å². The van der Waals surface area contributed by atoms with Crippen LogP contribution in [0.2, 0.25) is 0 Å². The van der Waals surface area contributed by atoms with E-state index in [4.69, 9.17) is 14.5 Å². The summed E-state index contributed by atoms with van der Waals surface area (Å²) in [6, 6.07) is 4.85. The minimum Gasteiger partial charge on any atom is -0.385 e. The first-order chi connectivity index (χ1) is 14.2. The van der Waals surface area contributed by atoms with Gasteiger partial charge in [-0.1, -0.05) is 0 Å². The van der Waals surface area contributed by atoms with Crippen molar-refractivity contribution in [2.75, 3.05) is 46.5 Å². The molecule has 3 rings (SSSR count). The van der Waals surface area contributed by atoms with Gasteiger partial charge >= 0.3 is 0 Å². The molecule has 0 bridgehead atoms. The number of benzene rings is 1. The standard InChI is InChI=1S/C22H33FN4O2/c1-3-24-22(27-11-8-19(9-12-27)29-14-4-13-28-2)25-10-7-17-16-26-21-6-5-18(23)15-20(17)21/h5-6,15-16,19,26H,3-4,7-14H2,1-2H3,(H,24,25). The Morgan fingerprint density at radius 1 is 1.31 bits per heavy atom. The predicted molar refractivity (Wildman–Crippen MR) is 115 cm³/mol. The molecule has 0 spiro atoms. The first kappa shape index (κ1) is 21.6. The van der Waals surface area contributed by atoms with E-state index in [1.807, 2.05) is 6.20 Å². The van der Waals surface area contributed by atoms with Crippen LogP contribution in [0.1, 0.15) is 31.7 Å². The fourth-order valence-electron chi connectivity index (χ4n) is 3.75. The van der Waals surface area contributed by atoms with Crippen molar-refractivity contribution in [2.24, 2.45) is 4.99 Å². The Labute approximate surface area is 172 Å². The number of aromatic amines is 1. The van der Waals surface area contributed by atoms with Crippen molar-refractivity contribution in [2.45, 2.75) is 38.7 Å². The Balaban J connectivity index is 1.51. The summed E-state index contributed by atoms with van der Waals surface area (Å²) in [5.74, 6) is 0.749. The molecule has 0 saturated carbocycles. The molecular formula is C22H33FN4O2. The van der Waals surface area contributed by atoms with Crippen LogP contribution in [0.3, 0.4) is 0 Å². The molecule has 2 N–H and O–H groups in total. The first-order valence-electron chi connectivity index (χ1n) is 10.6. The first-order valence-corrected chi connectivity index (χ1v) is 10.6. The van der Waals surface area contributed by atoms with Gasteiger partial charge in [-0.15, -0.1) is 0 Å². The summed E-state index contributed by atoms with van der Waals surface area (Å²) in [4.78, 5) is 10.3. The highest BCUT2D eigenvalue weighted by molar-refractivity contribution is 5.83. The lowest BCUT2D eigenvalue weighted by Crippen LogP contribution is -2.47. The van der Waals surface area contributed by atoms with Crippen molar-refractivity contribution in [3.05, 3.63) is 35.8 Å². The fraction of sp³-hybridized carbons (Fsp3) is 0.591. The van der Waals surface area contributed by atoms with Crippen molar-refractivity contribution in [3.8, 4) is 0 Å². The number of likely N-dealkylation sites (tertiary alicyclic amines) is 1. The number of halogens is 1. The Morgan fingerprint density at radius 3 is 2.90 bits per heavy atom. The molecule has 0 amide bonds. The molecule has 6 nitrogen and oxygen atoms in total. The number of fused-ring (bicyclic) bond motifs is 1. The van der Waals surface area contributed by atoms with Crippen LogP contribution in [-0.2, 0) is 15.9 Å². The van der Waals surface area contributed by atoms with E-state index in [9.17, 15) is 4.39 Å². The second-order valence-electron chi connectivity index (χ2n) is 7.39. The molecule has 0 radical (unpaired) electrons. The van der Waals surface area contributed by atoms with Crippen LogP contribution in [0.4, 0.5) is 4.39 Å². The molecule has 29 heavy (non-hydrogen) atoms. The van der Waals surface area contributed by atoms with Gasteiger partial charge in [-0.3, -0.25) is 4.99 Å². The van der Waals surface area contributed by atoms with Gasteiger partial charge in [-0.2, -0.15) is 0 Å². The number of guanidine groups is 1. The monoisotopic (exact) mass is 404 g/mol. The normalized spacial score (nSPS) is 16.0. The summed E-state index contributed by atoms with van der Waals surface area (Å²) in [7, 11) is 1.72. The van der Waals surface area contributed by atoms with Crippen LogP contribution in [0.5, 0.6) is 0 Å². The van der Waals surface area contributed by atoms with Crippen LogP contribution >= 0.6 is 0 Å².